The number of nitrogens with one attached hydrogen (secondary N) is 1. The number of hydrogen-bond acceptors (Lipinski definition) is 3. The van der Waals surface area contributed by atoms with Gasteiger partial charge in [0.05, 0.1) is 5.60 Å². The van der Waals surface area contributed by atoms with E-state index in [1.165, 1.54) is 0 Å². The Bertz CT molecular complexity index is 227. The smallest absolute Gasteiger partial charge is 0.220 e. The molecule has 1 aliphatic rings. The van der Waals surface area contributed by atoms with Crippen molar-refractivity contribution >= 4 is 17.7 Å². The number of thioether (sulfide) groups is 1. The van der Waals surface area contributed by atoms with Crippen LogP contribution in [0.5, 0.6) is 0 Å². The fourth-order valence-corrected chi connectivity index (χ4v) is 3.28. The number of carbonyl (C=O) groups excluding carboxylic acids is 1. The molecule has 2 unspecified atom stereocenters. The summed E-state index contributed by atoms with van der Waals surface area (Å²) in [6.45, 7) is 4.65. The van der Waals surface area contributed by atoms with Crippen LogP contribution < -0.4 is 5.32 Å². The molecule has 0 saturated carbocycles. The Morgan fingerprint density at radius 3 is 2.94 bits per heavy atom. The normalized spacial score (nSPS) is 26.7. The highest BCUT2D eigenvalue weighted by Crippen LogP contribution is 2.27. The molecule has 0 aromatic rings. The molecular formula is C12H23NO2S. The maximum absolute atomic E-state index is 11.6. The zero-order chi connectivity index (χ0) is 12.0. The van der Waals surface area contributed by atoms with Crippen molar-refractivity contribution in [2.24, 2.45) is 5.92 Å². The quantitative estimate of drug-likeness (QED) is 0.750. The van der Waals surface area contributed by atoms with E-state index in [4.69, 9.17) is 0 Å². The van der Waals surface area contributed by atoms with E-state index in [0.29, 0.717) is 18.9 Å². The molecule has 0 spiro atoms. The molecule has 1 fully saturated rings. The molecule has 1 aliphatic heterocycles. The van der Waals surface area contributed by atoms with E-state index in [9.17, 15) is 9.90 Å². The highest BCUT2D eigenvalue weighted by molar-refractivity contribution is 7.99. The Balaban J connectivity index is 2.19. The minimum absolute atomic E-state index is 0.0753. The molecule has 0 radical (unpaired) electrons. The molecule has 16 heavy (non-hydrogen) atoms. The third-order valence-electron chi connectivity index (χ3n) is 3.01. The van der Waals surface area contributed by atoms with Crippen molar-refractivity contribution in [3.8, 4) is 0 Å². The number of hydrogen-bond donors (Lipinski definition) is 2. The summed E-state index contributed by atoms with van der Waals surface area (Å²) in [6, 6.07) is 0. The molecule has 3 nitrogen and oxygen atoms in total. The maximum Gasteiger partial charge on any atom is 0.220 e. The summed E-state index contributed by atoms with van der Waals surface area (Å²) < 4.78 is 0. The first-order valence-corrected chi connectivity index (χ1v) is 7.28. The van der Waals surface area contributed by atoms with Crippen LogP contribution in [0.2, 0.25) is 0 Å². The second kappa shape index (κ2) is 6.50. The molecular weight excluding hydrogens is 222 g/mol. The van der Waals surface area contributed by atoms with Crippen LogP contribution in [0.3, 0.4) is 0 Å². The van der Waals surface area contributed by atoms with Crippen LogP contribution in [0, 0.1) is 5.92 Å². The summed E-state index contributed by atoms with van der Waals surface area (Å²) in [6.07, 6.45) is 3.59. The third-order valence-corrected chi connectivity index (χ3v) is 4.25. The predicted octanol–water partition coefficient (Wildman–Crippen LogP) is 1.80. The highest BCUT2D eigenvalue weighted by atomic mass is 32.2. The van der Waals surface area contributed by atoms with Gasteiger partial charge in [-0.3, -0.25) is 4.79 Å². The average Bonchev–Trinajstić information content (AvgIpc) is 2.63. The SMILES string of the molecule is CCCC(C)CC(=O)NCC1(O)CCSC1. The van der Waals surface area contributed by atoms with Gasteiger partial charge in [-0.25, -0.2) is 0 Å². The van der Waals surface area contributed by atoms with Crippen LogP contribution in [0.15, 0.2) is 0 Å². The van der Waals surface area contributed by atoms with Gasteiger partial charge in [0, 0.05) is 18.7 Å². The second-order valence-electron chi connectivity index (χ2n) is 4.90. The highest BCUT2D eigenvalue weighted by Gasteiger charge is 2.31. The Labute approximate surface area is 102 Å². The Morgan fingerprint density at radius 1 is 1.62 bits per heavy atom. The van der Waals surface area contributed by atoms with Crippen molar-refractivity contribution < 1.29 is 9.90 Å². The van der Waals surface area contributed by atoms with Crippen molar-refractivity contribution in [2.45, 2.75) is 45.1 Å². The largest absolute Gasteiger partial charge is 0.387 e. The van der Waals surface area contributed by atoms with E-state index >= 15 is 0 Å². The summed E-state index contributed by atoms with van der Waals surface area (Å²) >= 11 is 1.75. The van der Waals surface area contributed by atoms with Gasteiger partial charge in [-0.15, -0.1) is 0 Å². The van der Waals surface area contributed by atoms with E-state index in [2.05, 4.69) is 19.2 Å². The van der Waals surface area contributed by atoms with Crippen LogP contribution >= 0.6 is 11.8 Å². The van der Waals surface area contributed by atoms with Gasteiger partial charge in [0.25, 0.3) is 0 Å². The first-order valence-electron chi connectivity index (χ1n) is 6.12. The molecule has 94 valence electrons. The zero-order valence-electron chi connectivity index (χ0n) is 10.3. The molecule has 1 heterocycles. The van der Waals surface area contributed by atoms with Crippen LogP contribution in [-0.4, -0.2) is 34.7 Å². The molecule has 4 heteroatoms. The van der Waals surface area contributed by atoms with Gasteiger partial charge in [0.15, 0.2) is 0 Å². The minimum Gasteiger partial charge on any atom is -0.387 e. The lowest BCUT2D eigenvalue weighted by Crippen LogP contribution is -2.43. The maximum atomic E-state index is 11.6. The fraction of sp³-hybridized carbons (Fsp3) is 0.917. The number of aliphatic hydroxyl groups is 1. The molecule has 0 aliphatic carbocycles. The first-order chi connectivity index (χ1) is 7.56. The topological polar surface area (TPSA) is 49.3 Å². The van der Waals surface area contributed by atoms with E-state index < -0.39 is 5.60 Å². The lowest BCUT2D eigenvalue weighted by Gasteiger charge is -2.22. The van der Waals surface area contributed by atoms with E-state index in [0.717, 1.165) is 30.8 Å². The number of amides is 1. The molecule has 1 amide bonds. The molecule has 1 saturated heterocycles. The number of carbonyl (C=O) groups is 1. The van der Waals surface area contributed by atoms with Crippen molar-refractivity contribution in [1.29, 1.82) is 0 Å². The monoisotopic (exact) mass is 245 g/mol. The summed E-state index contributed by atoms with van der Waals surface area (Å²) in [4.78, 5) is 11.6. The van der Waals surface area contributed by atoms with Crippen molar-refractivity contribution in [3.63, 3.8) is 0 Å². The van der Waals surface area contributed by atoms with Crippen LogP contribution in [0.1, 0.15) is 39.5 Å². The Morgan fingerprint density at radius 2 is 2.38 bits per heavy atom. The van der Waals surface area contributed by atoms with Gasteiger partial charge in [-0.1, -0.05) is 26.7 Å². The van der Waals surface area contributed by atoms with Crippen LogP contribution in [0.25, 0.3) is 0 Å². The van der Waals surface area contributed by atoms with Crippen molar-refractivity contribution in [3.05, 3.63) is 0 Å². The van der Waals surface area contributed by atoms with Crippen molar-refractivity contribution in [1.82, 2.24) is 5.32 Å². The Hall–Kier alpha value is -0.220. The van der Waals surface area contributed by atoms with Crippen molar-refractivity contribution in [2.75, 3.05) is 18.1 Å². The molecule has 0 bridgehead atoms. The summed E-state index contributed by atoms with van der Waals surface area (Å²) in [7, 11) is 0. The van der Waals surface area contributed by atoms with Gasteiger partial charge in [-0.2, -0.15) is 11.8 Å². The summed E-state index contributed by atoms with van der Waals surface area (Å²) in [5.74, 6) is 2.26. The van der Waals surface area contributed by atoms with E-state index in [-0.39, 0.29) is 5.91 Å². The van der Waals surface area contributed by atoms with Gasteiger partial charge in [0.2, 0.25) is 5.91 Å². The zero-order valence-corrected chi connectivity index (χ0v) is 11.1. The second-order valence-corrected chi connectivity index (χ2v) is 6.01. The molecule has 2 N–H and O–H groups in total. The fourth-order valence-electron chi connectivity index (χ4n) is 1.98. The minimum atomic E-state index is -0.658. The van der Waals surface area contributed by atoms with Gasteiger partial charge >= 0.3 is 0 Å². The lowest BCUT2D eigenvalue weighted by molar-refractivity contribution is -0.123. The van der Waals surface area contributed by atoms with Crippen LogP contribution in [0.4, 0.5) is 0 Å². The lowest BCUT2D eigenvalue weighted by atomic mass is 10.0. The molecule has 2 atom stereocenters. The van der Waals surface area contributed by atoms with E-state index in [1.54, 1.807) is 11.8 Å². The molecule has 0 aromatic carbocycles. The molecule has 0 aromatic heterocycles. The third kappa shape index (κ3) is 4.74. The molecule has 1 rings (SSSR count). The first kappa shape index (κ1) is 13.8. The van der Waals surface area contributed by atoms with Gasteiger partial charge < -0.3 is 10.4 Å². The number of rotatable bonds is 6. The summed E-state index contributed by atoms with van der Waals surface area (Å²) in [5, 5.41) is 12.9. The van der Waals surface area contributed by atoms with Gasteiger partial charge in [0.1, 0.15) is 0 Å². The van der Waals surface area contributed by atoms with Crippen LogP contribution in [-0.2, 0) is 4.79 Å². The standard InChI is InChI=1S/C12H23NO2S/c1-3-4-10(2)7-11(14)13-8-12(15)5-6-16-9-12/h10,15H,3-9H2,1-2H3,(H,13,14). The van der Waals surface area contributed by atoms with Gasteiger partial charge in [-0.05, 0) is 18.1 Å². The Kier molecular flexibility index (Phi) is 5.62. The van der Waals surface area contributed by atoms with E-state index in [1.807, 2.05) is 0 Å². The summed E-state index contributed by atoms with van der Waals surface area (Å²) in [5.41, 5.74) is -0.658. The predicted molar refractivity (Wildman–Crippen MR) is 68.6 cm³/mol. The average molecular weight is 245 g/mol.